The Morgan fingerprint density at radius 2 is 2.04 bits per heavy atom. The van der Waals surface area contributed by atoms with Crippen LogP contribution in [0, 0.1) is 0 Å². The van der Waals surface area contributed by atoms with E-state index < -0.39 is 12.0 Å². The Balaban J connectivity index is 1.68. The molecule has 1 aromatic carbocycles. The summed E-state index contributed by atoms with van der Waals surface area (Å²) in [4.78, 5) is 22.0. The second kappa shape index (κ2) is 8.52. The van der Waals surface area contributed by atoms with Crippen molar-refractivity contribution in [3.8, 4) is 0 Å². The number of carboxylic acid groups (broad SMARTS) is 1. The number of benzene rings is 1. The van der Waals surface area contributed by atoms with Gasteiger partial charge in [0.05, 0.1) is 0 Å². The average Bonchev–Trinajstić information content (AvgIpc) is 2.98. The highest BCUT2D eigenvalue weighted by molar-refractivity contribution is 9.10. The molecule has 2 N–H and O–H groups in total. The van der Waals surface area contributed by atoms with E-state index >= 15 is 0 Å². The van der Waals surface area contributed by atoms with E-state index in [0.29, 0.717) is 0 Å². The number of piperazine rings is 1. The maximum Gasteiger partial charge on any atom is 0.325 e. The Bertz CT molecular complexity index is 753. The average molecular weight is 423 g/mol. The molecule has 3 rings (SSSR count). The number of rotatable bonds is 7. The Morgan fingerprint density at radius 3 is 2.69 bits per heavy atom. The second-order valence-corrected chi connectivity index (χ2v) is 8.12. The summed E-state index contributed by atoms with van der Waals surface area (Å²) in [5, 5.41) is 10.9. The SMILES string of the molecule is CN(C)CCCN1CCN([C@@H](C(=O)O)c2c[nH]c3cc(Br)ccc23)CC1. The van der Waals surface area contributed by atoms with Gasteiger partial charge < -0.3 is 19.9 Å². The van der Waals surface area contributed by atoms with Gasteiger partial charge in [-0.05, 0) is 45.7 Å². The number of nitrogens with one attached hydrogen (secondary N) is 1. The molecule has 2 aromatic rings. The van der Waals surface area contributed by atoms with Gasteiger partial charge in [-0.25, -0.2) is 0 Å². The summed E-state index contributed by atoms with van der Waals surface area (Å²) in [5.74, 6) is -0.783. The highest BCUT2D eigenvalue weighted by Crippen LogP contribution is 2.31. The molecular formula is C19H27BrN4O2. The molecule has 2 heterocycles. The van der Waals surface area contributed by atoms with E-state index in [4.69, 9.17) is 0 Å². The molecule has 0 spiro atoms. The van der Waals surface area contributed by atoms with Gasteiger partial charge in [0.15, 0.2) is 0 Å². The number of halogens is 1. The van der Waals surface area contributed by atoms with Crippen LogP contribution in [0.4, 0.5) is 0 Å². The summed E-state index contributed by atoms with van der Waals surface area (Å²) >= 11 is 3.47. The van der Waals surface area contributed by atoms with Gasteiger partial charge in [0, 0.05) is 53.3 Å². The van der Waals surface area contributed by atoms with Gasteiger partial charge in [-0.2, -0.15) is 0 Å². The predicted octanol–water partition coefficient (Wildman–Crippen LogP) is 2.63. The number of H-pyrrole nitrogens is 1. The minimum Gasteiger partial charge on any atom is -0.480 e. The monoisotopic (exact) mass is 422 g/mol. The Kier molecular flexibility index (Phi) is 6.34. The van der Waals surface area contributed by atoms with E-state index in [1.165, 1.54) is 0 Å². The van der Waals surface area contributed by atoms with E-state index in [-0.39, 0.29) is 0 Å². The molecule has 0 radical (unpaired) electrons. The molecular weight excluding hydrogens is 396 g/mol. The predicted molar refractivity (Wildman–Crippen MR) is 108 cm³/mol. The highest BCUT2D eigenvalue weighted by Gasteiger charge is 2.31. The third-order valence-corrected chi connectivity index (χ3v) is 5.55. The molecule has 1 atom stereocenters. The summed E-state index contributed by atoms with van der Waals surface area (Å²) in [6, 6.07) is 5.33. The molecule has 1 aromatic heterocycles. The lowest BCUT2D eigenvalue weighted by molar-refractivity contribution is -0.144. The lowest BCUT2D eigenvalue weighted by atomic mass is 10.0. The third-order valence-electron chi connectivity index (χ3n) is 5.06. The maximum atomic E-state index is 12.1. The third kappa shape index (κ3) is 4.46. The van der Waals surface area contributed by atoms with Gasteiger partial charge >= 0.3 is 5.97 Å². The first-order valence-electron chi connectivity index (χ1n) is 9.06. The fraction of sp³-hybridized carbons (Fsp3) is 0.526. The van der Waals surface area contributed by atoms with Crippen LogP contribution in [0.1, 0.15) is 18.0 Å². The molecule has 0 unspecified atom stereocenters. The number of aliphatic carboxylic acids is 1. The summed E-state index contributed by atoms with van der Waals surface area (Å²) in [6.45, 7) is 5.56. The zero-order valence-corrected chi connectivity index (χ0v) is 17.0. The normalized spacial score (nSPS) is 17.8. The largest absolute Gasteiger partial charge is 0.480 e. The fourth-order valence-electron chi connectivity index (χ4n) is 3.69. The van der Waals surface area contributed by atoms with Crippen LogP contribution in [-0.4, -0.2) is 84.1 Å². The van der Waals surface area contributed by atoms with Crippen molar-refractivity contribution in [1.82, 2.24) is 19.7 Å². The molecule has 0 aliphatic carbocycles. The zero-order valence-electron chi connectivity index (χ0n) is 15.4. The van der Waals surface area contributed by atoms with Crippen molar-refractivity contribution in [1.29, 1.82) is 0 Å². The molecule has 7 heteroatoms. The molecule has 0 saturated carbocycles. The first-order valence-corrected chi connectivity index (χ1v) is 9.85. The van der Waals surface area contributed by atoms with Crippen molar-refractivity contribution in [2.75, 3.05) is 53.4 Å². The van der Waals surface area contributed by atoms with Gasteiger partial charge in [0.25, 0.3) is 0 Å². The first-order chi connectivity index (χ1) is 12.5. The van der Waals surface area contributed by atoms with E-state index in [9.17, 15) is 9.90 Å². The molecule has 142 valence electrons. The van der Waals surface area contributed by atoms with Crippen molar-refractivity contribution >= 4 is 32.8 Å². The summed E-state index contributed by atoms with van der Waals surface area (Å²) in [7, 11) is 4.18. The number of hydrogen-bond acceptors (Lipinski definition) is 4. The number of nitrogens with zero attached hydrogens (tertiary/aromatic N) is 3. The minimum atomic E-state index is -0.783. The molecule has 6 nitrogen and oxygen atoms in total. The fourth-order valence-corrected chi connectivity index (χ4v) is 4.05. The number of aromatic nitrogens is 1. The Labute approximate surface area is 162 Å². The quantitative estimate of drug-likeness (QED) is 0.717. The summed E-state index contributed by atoms with van der Waals surface area (Å²) in [5.41, 5.74) is 1.81. The standard InChI is InChI=1S/C19H27BrN4O2/c1-22(2)6-3-7-23-8-10-24(11-9-23)18(19(25)26)16-13-21-17-12-14(20)4-5-15(16)17/h4-5,12-13,18,21H,3,6-11H2,1-2H3,(H,25,26)/t18-/m1/s1. The van der Waals surface area contributed by atoms with Crippen LogP contribution in [0.5, 0.6) is 0 Å². The number of carbonyl (C=O) groups is 1. The lowest BCUT2D eigenvalue weighted by Crippen LogP contribution is -2.49. The first kappa shape index (κ1) is 19.4. The van der Waals surface area contributed by atoms with Crippen LogP contribution >= 0.6 is 15.9 Å². The second-order valence-electron chi connectivity index (χ2n) is 7.21. The van der Waals surface area contributed by atoms with Crippen LogP contribution in [0.2, 0.25) is 0 Å². The van der Waals surface area contributed by atoms with Gasteiger partial charge in [-0.15, -0.1) is 0 Å². The van der Waals surface area contributed by atoms with E-state index in [0.717, 1.165) is 66.6 Å². The molecule has 1 aliphatic heterocycles. The molecule has 1 fully saturated rings. The number of hydrogen-bond donors (Lipinski definition) is 2. The van der Waals surface area contributed by atoms with Gasteiger partial charge in [0.2, 0.25) is 0 Å². The lowest BCUT2D eigenvalue weighted by Gasteiger charge is -2.37. The maximum absolute atomic E-state index is 12.1. The van der Waals surface area contributed by atoms with Crippen LogP contribution in [-0.2, 0) is 4.79 Å². The molecule has 26 heavy (non-hydrogen) atoms. The summed E-state index contributed by atoms with van der Waals surface area (Å²) in [6.07, 6.45) is 2.99. The van der Waals surface area contributed by atoms with E-state index in [1.807, 2.05) is 24.4 Å². The molecule has 1 aliphatic rings. The van der Waals surface area contributed by atoms with Crippen molar-refractivity contribution < 1.29 is 9.90 Å². The number of carboxylic acids is 1. The topological polar surface area (TPSA) is 62.8 Å². The van der Waals surface area contributed by atoms with Gasteiger partial charge in [-0.1, -0.05) is 22.0 Å². The van der Waals surface area contributed by atoms with Crippen molar-refractivity contribution in [3.05, 3.63) is 34.4 Å². The van der Waals surface area contributed by atoms with E-state index in [2.05, 4.69) is 49.7 Å². The zero-order chi connectivity index (χ0) is 18.7. The molecule has 0 bridgehead atoms. The summed E-state index contributed by atoms with van der Waals surface area (Å²) < 4.78 is 0.983. The molecule has 0 amide bonds. The van der Waals surface area contributed by atoms with Crippen LogP contribution in [0.3, 0.4) is 0 Å². The number of aromatic amines is 1. The molecule has 1 saturated heterocycles. The van der Waals surface area contributed by atoms with Gasteiger partial charge in [-0.3, -0.25) is 9.69 Å². The highest BCUT2D eigenvalue weighted by atomic mass is 79.9. The van der Waals surface area contributed by atoms with Crippen LogP contribution < -0.4 is 0 Å². The van der Waals surface area contributed by atoms with Crippen molar-refractivity contribution in [2.45, 2.75) is 12.5 Å². The number of fused-ring (bicyclic) bond motifs is 1. The van der Waals surface area contributed by atoms with Crippen molar-refractivity contribution in [3.63, 3.8) is 0 Å². The van der Waals surface area contributed by atoms with E-state index in [1.54, 1.807) is 0 Å². The van der Waals surface area contributed by atoms with Gasteiger partial charge in [0.1, 0.15) is 6.04 Å². The van der Waals surface area contributed by atoms with Crippen molar-refractivity contribution in [2.24, 2.45) is 0 Å². The van der Waals surface area contributed by atoms with Crippen LogP contribution in [0.15, 0.2) is 28.9 Å². The Hall–Kier alpha value is -1.41. The van der Waals surface area contributed by atoms with Crippen LogP contribution in [0.25, 0.3) is 10.9 Å². The Morgan fingerprint density at radius 1 is 1.31 bits per heavy atom. The smallest absolute Gasteiger partial charge is 0.325 e. The minimum absolute atomic E-state index is 0.603.